The molecule has 0 aliphatic carbocycles. The van der Waals surface area contributed by atoms with Crippen molar-refractivity contribution in [2.24, 2.45) is 0 Å². The van der Waals surface area contributed by atoms with Gasteiger partial charge < -0.3 is 4.98 Å². The van der Waals surface area contributed by atoms with E-state index in [-0.39, 0.29) is 0 Å². The first kappa shape index (κ1) is 6.23. The Balaban J connectivity index is 2.46. The van der Waals surface area contributed by atoms with Gasteiger partial charge in [0, 0.05) is 12.4 Å². The molecule has 1 heteroatoms. The molecule has 2 aromatic rings. The highest BCUT2D eigenvalue weighted by Gasteiger charge is 1.93. The third kappa shape index (κ3) is 1.17. The van der Waals surface area contributed by atoms with E-state index in [2.05, 4.69) is 11.1 Å². The number of nitrogens with one attached hydrogen (secondary N) is 1. The van der Waals surface area contributed by atoms with Crippen LogP contribution < -0.4 is 0 Å². The van der Waals surface area contributed by atoms with E-state index in [0.717, 1.165) is 5.56 Å². The van der Waals surface area contributed by atoms with Gasteiger partial charge in [-0.1, -0.05) is 24.3 Å². The summed E-state index contributed by atoms with van der Waals surface area (Å²) in [7, 11) is 0. The standard InChI is InChI=1S/C10H8N/c1-2-4-9(5-3-1)10-6-7-11-8-10/h1-4,6-8,11H. The lowest BCUT2D eigenvalue weighted by Gasteiger charge is -1.92. The molecule has 1 heterocycles. The van der Waals surface area contributed by atoms with Gasteiger partial charge in [0.1, 0.15) is 0 Å². The SMILES string of the molecule is [c]1ccccc1-c1cc[nH]c1. The molecule has 2 rings (SSSR count). The van der Waals surface area contributed by atoms with Crippen molar-refractivity contribution in [3.8, 4) is 11.1 Å². The molecule has 1 radical (unpaired) electrons. The van der Waals surface area contributed by atoms with E-state index in [4.69, 9.17) is 0 Å². The molecule has 0 aliphatic heterocycles. The number of benzene rings is 1. The highest BCUT2D eigenvalue weighted by Crippen LogP contribution is 2.15. The van der Waals surface area contributed by atoms with E-state index < -0.39 is 0 Å². The summed E-state index contributed by atoms with van der Waals surface area (Å²) < 4.78 is 0. The predicted molar refractivity (Wildman–Crippen MR) is 45.1 cm³/mol. The lowest BCUT2D eigenvalue weighted by molar-refractivity contribution is 1.41. The Labute approximate surface area is 65.7 Å². The maximum atomic E-state index is 3.15. The highest BCUT2D eigenvalue weighted by atomic mass is 14.6. The van der Waals surface area contributed by atoms with Crippen LogP contribution in [0, 0.1) is 6.07 Å². The summed E-state index contributed by atoms with van der Waals surface area (Å²) in [5, 5.41) is 0. The number of rotatable bonds is 1. The van der Waals surface area contributed by atoms with E-state index in [0.29, 0.717) is 0 Å². The molecule has 0 saturated carbocycles. The van der Waals surface area contributed by atoms with Gasteiger partial charge in [0.05, 0.1) is 0 Å². The summed E-state index contributed by atoms with van der Waals surface area (Å²) in [6.45, 7) is 0. The molecule has 0 amide bonds. The summed E-state index contributed by atoms with van der Waals surface area (Å²) in [5.74, 6) is 0. The zero-order valence-corrected chi connectivity index (χ0v) is 6.04. The first-order valence-electron chi connectivity index (χ1n) is 3.57. The largest absolute Gasteiger partial charge is 0.367 e. The van der Waals surface area contributed by atoms with Crippen molar-refractivity contribution < 1.29 is 0 Å². The lowest BCUT2D eigenvalue weighted by Crippen LogP contribution is -1.70. The van der Waals surface area contributed by atoms with Crippen molar-refractivity contribution in [1.82, 2.24) is 4.98 Å². The minimum Gasteiger partial charge on any atom is -0.367 e. The van der Waals surface area contributed by atoms with Crippen LogP contribution in [-0.4, -0.2) is 4.98 Å². The number of hydrogen-bond acceptors (Lipinski definition) is 0. The van der Waals surface area contributed by atoms with Crippen LogP contribution in [0.25, 0.3) is 11.1 Å². The fourth-order valence-electron chi connectivity index (χ4n) is 1.06. The van der Waals surface area contributed by atoms with Crippen LogP contribution in [0.2, 0.25) is 0 Å². The fraction of sp³-hybridized carbons (Fsp3) is 0. The second-order valence-electron chi connectivity index (χ2n) is 2.38. The molecular weight excluding hydrogens is 134 g/mol. The molecule has 1 nitrogen and oxygen atoms in total. The Kier molecular flexibility index (Phi) is 1.48. The van der Waals surface area contributed by atoms with Crippen molar-refractivity contribution in [2.75, 3.05) is 0 Å². The van der Waals surface area contributed by atoms with Crippen LogP contribution in [-0.2, 0) is 0 Å². The predicted octanol–water partition coefficient (Wildman–Crippen LogP) is 2.48. The third-order valence-corrected chi connectivity index (χ3v) is 1.62. The summed E-state index contributed by atoms with van der Waals surface area (Å²) >= 11 is 0. The second kappa shape index (κ2) is 2.62. The Morgan fingerprint density at radius 2 is 2.18 bits per heavy atom. The number of hydrogen-bond donors (Lipinski definition) is 1. The second-order valence-corrected chi connectivity index (χ2v) is 2.38. The zero-order chi connectivity index (χ0) is 7.52. The van der Waals surface area contributed by atoms with Crippen molar-refractivity contribution in [3.63, 3.8) is 0 Å². The third-order valence-electron chi connectivity index (χ3n) is 1.62. The van der Waals surface area contributed by atoms with Crippen molar-refractivity contribution >= 4 is 0 Å². The van der Waals surface area contributed by atoms with Crippen molar-refractivity contribution in [1.29, 1.82) is 0 Å². The van der Waals surface area contributed by atoms with Crippen LogP contribution >= 0.6 is 0 Å². The maximum Gasteiger partial charge on any atom is 0.00843 e. The number of aromatic amines is 1. The topological polar surface area (TPSA) is 15.8 Å². The Morgan fingerprint density at radius 3 is 2.82 bits per heavy atom. The van der Waals surface area contributed by atoms with Gasteiger partial charge in [0.2, 0.25) is 0 Å². The molecule has 53 valence electrons. The summed E-state index contributed by atoms with van der Waals surface area (Å²) in [4.78, 5) is 3.01. The Bertz CT molecular complexity index is 308. The van der Waals surface area contributed by atoms with Gasteiger partial charge in [-0.3, -0.25) is 0 Å². The first-order valence-corrected chi connectivity index (χ1v) is 3.57. The lowest BCUT2D eigenvalue weighted by atomic mass is 10.1. The summed E-state index contributed by atoms with van der Waals surface area (Å²) in [5.41, 5.74) is 2.32. The molecule has 11 heavy (non-hydrogen) atoms. The smallest absolute Gasteiger partial charge is 0.00843 e. The normalized spacial score (nSPS) is 9.82. The van der Waals surface area contributed by atoms with E-state index in [1.165, 1.54) is 5.56 Å². The van der Waals surface area contributed by atoms with Crippen LogP contribution in [0.5, 0.6) is 0 Å². The first-order chi connectivity index (χ1) is 5.47. The van der Waals surface area contributed by atoms with E-state index >= 15 is 0 Å². The Hall–Kier alpha value is -1.50. The molecule has 0 unspecified atom stereocenters. The van der Waals surface area contributed by atoms with Crippen LogP contribution in [0.1, 0.15) is 0 Å². The van der Waals surface area contributed by atoms with E-state index in [1.54, 1.807) is 0 Å². The number of H-pyrrole nitrogens is 1. The molecule has 1 aromatic heterocycles. The molecule has 0 bridgehead atoms. The van der Waals surface area contributed by atoms with Gasteiger partial charge in [-0.2, -0.15) is 0 Å². The highest BCUT2D eigenvalue weighted by molar-refractivity contribution is 5.61. The molecule has 0 atom stereocenters. The Morgan fingerprint density at radius 1 is 1.18 bits per heavy atom. The minimum atomic E-state index is 1.13. The molecule has 0 spiro atoms. The molecule has 0 saturated heterocycles. The molecule has 1 aromatic carbocycles. The fourth-order valence-corrected chi connectivity index (χ4v) is 1.06. The molecular formula is C10H8N. The van der Waals surface area contributed by atoms with Gasteiger partial charge in [-0.25, -0.2) is 0 Å². The monoisotopic (exact) mass is 142 g/mol. The minimum absolute atomic E-state index is 1.13. The summed E-state index contributed by atoms with van der Waals surface area (Å²) in [6, 6.07) is 13.1. The molecule has 1 N–H and O–H groups in total. The summed E-state index contributed by atoms with van der Waals surface area (Å²) in [6.07, 6.45) is 3.88. The number of aromatic nitrogens is 1. The van der Waals surface area contributed by atoms with Gasteiger partial charge in [0.15, 0.2) is 0 Å². The van der Waals surface area contributed by atoms with Crippen LogP contribution in [0.3, 0.4) is 0 Å². The van der Waals surface area contributed by atoms with Gasteiger partial charge in [-0.05, 0) is 23.3 Å². The molecule has 0 fully saturated rings. The van der Waals surface area contributed by atoms with Gasteiger partial charge in [-0.15, -0.1) is 0 Å². The zero-order valence-electron chi connectivity index (χ0n) is 6.04. The quantitative estimate of drug-likeness (QED) is 0.629. The average Bonchev–Trinajstić information content (AvgIpc) is 2.58. The molecule has 0 aliphatic rings. The van der Waals surface area contributed by atoms with E-state index in [1.807, 2.05) is 42.7 Å². The van der Waals surface area contributed by atoms with E-state index in [9.17, 15) is 0 Å². The van der Waals surface area contributed by atoms with Crippen LogP contribution in [0.15, 0.2) is 42.7 Å². The van der Waals surface area contributed by atoms with Crippen molar-refractivity contribution in [3.05, 3.63) is 48.8 Å². The van der Waals surface area contributed by atoms with Gasteiger partial charge in [0.25, 0.3) is 0 Å². The maximum absolute atomic E-state index is 3.15. The van der Waals surface area contributed by atoms with Crippen molar-refractivity contribution in [2.45, 2.75) is 0 Å². The van der Waals surface area contributed by atoms with Gasteiger partial charge >= 0.3 is 0 Å². The van der Waals surface area contributed by atoms with Crippen LogP contribution in [0.4, 0.5) is 0 Å². The average molecular weight is 142 g/mol.